The predicted octanol–water partition coefficient (Wildman–Crippen LogP) is 3.06. The highest BCUT2D eigenvalue weighted by Crippen LogP contribution is 2.30. The molecular weight excluding hydrogens is 267 g/mol. The molecule has 1 amide bonds. The number of amidine groups is 1. The summed E-state index contributed by atoms with van der Waals surface area (Å²) in [5.74, 6) is 0.894. The first-order chi connectivity index (χ1) is 7.72. The van der Waals surface area contributed by atoms with E-state index < -0.39 is 0 Å². The van der Waals surface area contributed by atoms with Crippen molar-refractivity contribution in [2.45, 2.75) is 0 Å². The largest absolute Gasteiger partial charge is 0.278 e. The summed E-state index contributed by atoms with van der Waals surface area (Å²) >= 11 is 13.4. The summed E-state index contributed by atoms with van der Waals surface area (Å²) in [5.41, 5.74) is 0.606. The van der Waals surface area contributed by atoms with Crippen LogP contribution in [0.2, 0.25) is 10.0 Å². The molecule has 0 N–H and O–H groups in total. The van der Waals surface area contributed by atoms with Gasteiger partial charge < -0.3 is 0 Å². The number of anilines is 1. The van der Waals surface area contributed by atoms with Crippen LogP contribution in [-0.4, -0.2) is 23.9 Å². The first-order valence-corrected chi connectivity index (χ1v) is 6.33. The van der Waals surface area contributed by atoms with Crippen LogP contribution in [0.4, 0.5) is 5.69 Å². The minimum atomic E-state index is 0.440. The number of thioether (sulfide) groups is 1. The molecule has 0 unspecified atom stereocenters. The average Bonchev–Trinajstić information content (AvgIpc) is 2.75. The second-order valence-corrected chi connectivity index (χ2v) is 4.99. The van der Waals surface area contributed by atoms with E-state index in [9.17, 15) is 4.79 Å². The van der Waals surface area contributed by atoms with Gasteiger partial charge in [-0.2, -0.15) is 0 Å². The van der Waals surface area contributed by atoms with Crippen LogP contribution >= 0.6 is 35.0 Å². The van der Waals surface area contributed by atoms with Crippen molar-refractivity contribution in [1.82, 2.24) is 0 Å². The lowest BCUT2D eigenvalue weighted by molar-refractivity contribution is -0.106. The van der Waals surface area contributed by atoms with Gasteiger partial charge >= 0.3 is 0 Å². The molecular formula is C10H8Cl2N2OS. The SMILES string of the molecule is O=CN(C1=NCCS1)c1ccc(Cl)cc1Cl. The molecule has 0 saturated carbocycles. The zero-order chi connectivity index (χ0) is 11.5. The number of benzene rings is 1. The van der Waals surface area contributed by atoms with Crippen molar-refractivity contribution in [3.63, 3.8) is 0 Å². The molecule has 0 spiro atoms. The average molecular weight is 275 g/mol. The second-order valence-electron chi connectivity index (χ2n) is 3.08. The van der Waals surface area contributed by atoms with Crippen molar-refractivity contribution in [3.05, 3.63) is 28.2 Å². The maximum atomic E-state index is 11.1. The summed E-state index contributed by atoms with van der Waals surface area (Å²) in [6.45, 7) is 0.732. The van der Waals surface area contributed by atoms with Gasteiger partial charge in [0, 0.05) is 10.8 Å². The number of aliphatic imine (C=N–C) groups is 1. The molecule has 2 rings (SSSR count). The summed E-state index contributed by atoms with van der Waals surface area (Å²) in [6.07, 6.45) is 0.715. The third-order valence-corrected chi connectivity index (χ3v) is 3.56. The van der Waals surface area contributed by atoms with Gasteiger partial charge in [0.2, 0.25) is 6.41 Å². The monoisotopic (exact) mass is 274 g/mol. The molecule has 16 heavy (non-hydrogen) atoms. The van der Waals surface area contributed by atoms with Gasteiger partial charge in [0.15, 0.2) is 5.17 Å². The van der Waals surface area contributed by atoms with E-state index in [4.69, 9.17) is 23.2 Å². The van der Waals surface area contributed by atoms with Crippen LogP contribution in [0, 0.1) is 0 Å². The van der Waals surface area contributed by atoms with Crippen molar-refractivity contribution < 1.29 is 4.79 Å². The van der Waals surface area contributed by atoms with Gasteiger partial charge in [0.25, 0.3) is 0 Å². The number of hydrogen-bond acceptors (Lipinski definition) is 3. The number of nitrogens with zero attached hydrogens (tertiary/aromatic N) is 2. The summed E-state index contributed by atoms with van der Waals surface area (Å²) in [6, 6.07) is 5.01. The first kappa shape index (κ1) is 11.8. The fraction of sp³-hybridized carbons (Fsp3) is 0.200. The van der Waals surface area contributed by atoms with Crippen LogP contribution in [0.15, 0.2) is 23.2 Å². The Morgan fingerprint density at radius 2 is 2.25 bits per heavy atom. The van der Waals surface area contributed by atoms with Crippen LogP contribution in [0.3, 0.4) is 0 Å². The Bertz CT molecular complexity index is 450. The molecule has 6 heteroatoms. The molecule has 3 nitrogen and oxygen atoms in total. The Morgan fingerprint density at radius 1 is 1.44 bits per heavy atom. The number of hydrogen-bond donors (Lipinski definition) is 0. The van der Waals surface area contributed by atoms with Crippen LogP contribution in [0.1, 0.15) is 0 Å². The fourth-order valence-corrected chi connectivity index (χ4v) is 2.68. The third kappa shape index (κ3) is 2.34. The predicted molar refractivity (Wildman–Crippen MR) is 69.8 cm³/mol. The molecule has 0 fully saturated rings. The van der Waals surface area contributed by atoms with Crippen molar-refractivity contribution in [3.8, 4) is 0 Å². The molecule has 0 aromatic heterocycles. The minimum absolute atomic E-state index is 0.440. The van der Waals surface area contributed by atoms with Gasteiger partial charge in [-0.15, -0.1) is 0 Å². The Kier molecular flexibility index (Phi) is 3.74. The molecule has 1 aliphatic heterocycles. The zero-order valence-corrected chi connectivity index (χ0v) is 10.5. The highest BCUT2D eigenvalue weighted by atomic mass is 35.5. The van der Waals surface area contributed by atoms with Gasteiger partial charge in [0.05, 0.1) is 17.3 Å². The standard InChI is InChI=1S/C10H8Cl2N2OS/c11-7-1-2-9(8(12)5-7)14(6-15)10-13-3-4-16-10/h1-2,5-6H,3-4H2. The van der Waals surface area contributed by atoms with Crippen LogP contribution in [-0.2, 0) is 4.79 Å². The molecule has 84 valence electrons. The second kappa shape index (κ2) is 5.08. The van der Waals surface area contributed by atoms with E-state index in [1.165, 1.54) is 16.7 Å². The topological polar surface area (TPSA) is 32.7 Å². The van der Waals surface area contributed by atoms with E-state index in [-0.39, 0.29) is 0 Å². The number of rotatable bonds is 2. The molecule has 0 atom stereocenters. The van der Waals surface area contributed by atoms with E-state index in [0.29, 0.717) is 27.3 Å². The quantitative estimate of drug-likeness (QED) is 0.777. The minimum Gasteiger partial charge on any atom is -0.278 e. The zero-order valence-electron chi connectivity index (χ0n) is 8.19. The van der Waals surface area contributed by atoms with E-state index >= 15 is 0 Å². The Hall–Kier alpha value is -0.710. The van der Waals surface area contributed by atoms with Crippen molar-refractivity contribution in [2.75, 3.05) is 17.2 Å². The molecule has 1 heterocycles. The highest BCUT2D eigenvalue weighted by Gasteiger charge is 2.19. The molecule has 1 aliphatic rings. The number of amides is 1. The van der Waals surface area contributed by atoms with Crippen molar-refractivity contribution in [1.29, 1.82) is 0 Å². The fourth-order valence-electron chi connectivity index (χ4n) is 1.35. The van der Waals surface area contributed by atoms with Crippen LogP contribution in [0.25, 0.3) is 0 Å². The Labute approximate surface area is 107 Å². The maximum absolute atomic E-state index is 11.1. The van der Waals surface area contributed by atoms with E-state index in [2.05, 4.69) is 4.99 Å². The number of carbonyl (C=O) groups is 1. The van der Waals surface area contributed by atoms with Gasteiger partial charge in [-0.1, -0.05) is 35.0 Å². The van der Waals surface area contributed by atoms with E-state index in [0.717, 1.165) is 12.3 Å². The van der Waals surface area contributed by atoms with Gasteiger partial charge in [-0.05, 0) is 18.2 Å². The molecule has 0 aliphatic carbocycles. The lowest BCUT2D eigenvalue weighted by atomic mass is 10.3. The van der Waals surface area contributed by atoms with Crippen molar-refractivity contribution >= 4 is 52.2 Å². The smallest absolute Gasteiger partial charge is 0.220 e. The Morgan fingerprint density at radius 3 is 2.81 bits per heavy atom. The summed E-state index contributed by atoms with van der Waals surface area (Å²) in [5, 5.41) is 1.66. The molecule has 1 aromatic carbocycles. The summed E-state index contributed by atoms with van der Waals surface area (Å²) in [7, 11) is 0. The molecule has 1 aromatic rings. The first-order valence-electron chi connectivity index (χ1n) is 4.59. The molecule has 0 bridgehead atoms. The number of carbonyl (C=O) groups excluding carboxylic acids is 1. The van der Waals surface area contributed by atoms with E-state index in [1.54, 1.807) is 18.2 Å². The lowest BCUT2D eigenvalue weighted by Gasteiger charge is -2.17. The van der Waals surface area contributed by atoms with Crippen LogP contribution < -0.4 is 4.90 Å². The van der Waals surface area contributed by atoms with Gasteiger partial charge in [-0.25, -0.2) is 0 Å². The lowest BCUT2D eigenvalue weighted by Crippen LogP contribution is -2.25. The molecule has 0 saturated heterocycles. The summed E-state index contributed by atoms with van der Waals surface area (Å²) in [4.78, 5) is 16.7. The van der Waals surface area contributed by atoms with Gasteiger partial charge in [0.1, 0.15) is 0 Å². The maximum Gasteiger partial charge on any atom is 0.220 e. The number of halogens is 2. The summed E-state index contributed by atoms with van der Waals surface area (Å²) < 4.78 is 0. The van der Waals surface area contributed by atoms with Crippen molar-refractivity contribution in [2.24, 2.45) is 4.99 Å². The Balaban J connectivity index is 2.36. The molecule has 0 radical (unpaired) electrons. The van der Waals surface area contributed by atoms with E-state index in [1.807, 2.05) is 0 Å². The normalized spacial score (nSPS) is 14.8. The van der Waals surface area contributed by atoms with Gasteiger partial charge in [-0.3, -0.25) is 14.7 Å². The van der Waals surface area contributed by atoms with Crippen LogP contribution in [0.5, 0.6) is 0 Å². The third-order valence-electron chi connectivity index (χ3n) is 2.05. The highest BCUT2D eigenvalue weighted by molar-refractivity contribution is 8.14.